The van der Waals surface area contributed by atoms with Gasteiger partial charge < -0.3 is 19.5 Å². The van der Waals surface area contributed by atoms with Gasteiger partial charge in [-0.05, 0) is 37.6 Å². The van der Waals surface area contributed by atoms with Crippen LogP contribution in [0.4, 0.5) is 5.69 Å². The molecule has 1 fully saturated rings. The van der Waals surface area contributed by atoms with Crippen LogP contribution in [-0.2, 0) is 4.74 Å². The van der Waals surface area contributed by atoms with Gasteiger partial charge in [-0.1, -0.05) is 18.2 Å². The van der Waals surface area contributed by atoms with Gasteiger partial charge in [0.1, 0.15) is 5.56 Å². The average Bonchev–Trinajstić information content (AvgIpc) is 2.80. The van der Waals surface area contributed by atoms with Crippen LogP contribution < -0.4 is 14.8 Å². The lowest BCUT2D eigenvalue weighted by Crippen LogP contribution is -2.43. The fraction of sp³-hybridized carbons (Fsp3) is 0.435. The first kappa shape index (κ1) is 23.5. The first-order chi connectivity index (χ1) is 15.5. The van der Waals surface area contributed by atoms with Crippen molar-refractivity contribution in [1.82, 2.24) is 10.2 Å². The molecule has 2 aromatic rings. The lowest BCUT2D eigenvalue weighted by atomic mass is 10.0. The van der Waals surface area contributed by atoms with E-state index in [-0.39, 0.29) is 23.8 Å². The Balaban J connectivity index is 1.86. The first-order valence-electron chi connectivity index (χ1n) is 10.6. The van der Waals surface area contributed by atoms with E-state index in [1.165, 1.54) is 6.07 Å². The molecule has 0 spiro atoms. The summed E-state index contributed by atoms with van der Waals surface area (Å²) in [6.07, 6.45) is 0. The Morgan fingerprint density at radius 3 is 2.66 bits per heavy atom. The van der Waals surface area contributed by atoms with E-state index in [4.69, 9.17) is 14.2 Å². The number of nitrogens with one attached hydrogen (secondary N) is 1. The normalized spacial score (nSPS) is 15.1. The molecule has 0 aliphatic carbocycles. The summed E-state index contributed by atoms with van der Waals surface area (Å²) in [5.74, 6) is 0.790. The number of nitro groups is 1. The maximum atomic E-state index is 12.9. The average molecular weight is 444 g/mol. The number of amides is 1. The molecule has 1 unspecified atom stereocenters. The van der Waals surface area contributed by atoms with Gasteiger partial charge in [-0.15, -0.1) is 0 Å². The highest BCUT2D eigenvalue weighted by atomic mass is 16.6. The second-order valence-corrected chi connectivity index (χ2v) is 7.45. The number of rotatable bonds is 9. The van der Waals surface area contributed by atoms with Crippen molar-refractivity contribution in [3.8, 4) is 11.5 Å². The molecule has 9 heteroatoms. The van der Waals surface area contributed by atoms with E-state index in [1.807, 2.05) is 25.1 Å². The number of morpholine rings is 1. The molecule has 1 amide bonds. The molecule has 0 radical (unpaired) electrons. The lowest BCUT2D eigenvalue weighted by molar-refractivity contribution is -0.385. The Morgan fingerprint density at radius 2 is 2.00 bits per heavy atom. The number of carbonyl (C=O) groups is 1. The summed E-state index contributed by atoms with van der Waals surface area (Å²) in [5.41, 5.74) is 1.28. The lowest BCUT2D eigenvalue weighted by Gasteiger charge is -2.35. The minimum absolute atomic E-state index is 0.0556. The van der Waals surface area contributed by atoms with Crippen LogP contribution in [0, 0.1) is 17.0 Å². The molecule has 1 aliphatic heterocycles. The Labute approximate surface area is 187 Å². The molecule has 172 valence electrons. The van der Waals surface area contributed by atoms with Crippen LogP contribution in [-0.4, -0.2) is 62.3 Å². The predicted molar refractivity (Wildman–Crippen MR) is 119 cm³/mol. The number of aryl methyl sites for hydroxylation is 1. The number of benzene rings is 2. The molecule has 2 aromatic carbocycles. The number of nitro benzene ring substituents is 1. The van der Waals surface area contributed by atoms with Gasteiger partial charge in [-0.2, -0.15) is 0 Å². The summed E-state index contributed by atoms with van der Waals surface area (Å²) in [4.78, 5) is 26.1. The van der Waals surface area contributed by atoms with Gasteiger partial charge in [0.2, 0.25) is 0 Å². The third-order valence-electron chi connectivity index (χ3n) is 5.48. The van der Waals surface area contributed by atoms with E-state index in [9.17, 15) is 14.9 Å². The van der Waals surface area contributed by atoms with Crippen molar-refractivity contribution < 1.29 is 23.9 Å². The van der Waals surface area contributed by atoms with E-state index in [1.54, 1.807) is 26.2 Å². The highest BCUT2D eigenvalue weighted by Gasteiger charge is 2.27. The summed E-state index contributed by atoms with van der Waals surface area (Å²) in [7, 11) is 1.59. The molecule has 0 saturated carbocycles. The van der Waals surface area contributed by atoms with Gasteiger partial charge in [0, 0.05) is 25.2 Å². The Hall–Kier alpha value is -3.17. The number of para-hydroxylation sites is 1. The molecule has 1 heterocycles. The maximum Gasteiger partial charge on any atom is 0.285 e. The van der Waals surface area contributed by atoms with Gasteiger partial charge in [-0.3, -0.25) is 19.8 Å². The standard InChI is InChI=1S/C23H29N3O6/c1-4-32-20-9-8-17(14-21(20)30-3)19(25-10-12-31-13-11-25)15-24-23(27)18-7-5-6-16(2)22(18)26(28)29/h5-9,14,19H,4,10-13,15H2,1-3H3,(H,24,27). The van der Waals surface area contributed by atoms with Gasteiger partial charge in [0.15, 0.2) is 11.5 Å². The van der Waals surface area contributed by atoms with Crippen LogP contribution in [0.2, 0.25) is 0 Å². The number of hydrogen-bond acceptors (Lipinski definition) is 7. The molecule has 3 rings (SSSR count). The largest absolute Gasteiger partial charge is 0.493 e. The van der Waals surface area contributed by atoms with Crippen LogP contribution >= 0.6 is 0 Å². The molecular formula is C23H29N3O6. The van der Waals surface area contributed by atoms with E-state index >= 15 is 0 Å². The molecule has 1 atom stereocenters. The van der Waals surface area contributed by atoms with Crippen LogP contribution in [0.3, 0.4) is 0 Å². The zero-order chi connectivity index (χ0) is 23.1. The maximum absolute atomic E-state index is 12.9. The number of ether oxygens (including phenoxy) is 3. The number of nitrogens with zero attached hydrogens (tertiary/aromatic N) is 2. The molecule has 1 N–H and O–H groups in total. The fourth-order valence-electron chi connectivity index (χ4n) is 3.88. The van der Waals surface area contributed by atoms with Gasteiger partial charge in [0.05, 0.1) is 37.9 Å². The zero-order valence-electron chi connectivity index (χ0n) is 18.6. The molecule has 9 nitrogen and oxygen atoms in total. The SMILES string of the molecule is CCOc1ccc(C(CNC(=O)c2cccc(C)c2[N+](=O)[O-])N2CCOCC2)cc1OC. The van der Waals surface area contributed by atoms with Crippen molar-refractivity contribution in [3.63, 3.8) is 0 Å². The topological polar surface area (TPSA) is 103 Å². The van der Waals surface area contributed by atoms with E-state index < -0.39 is 10.8 Å². The van der Waals surface area contributed by atoms with Crippen molar-refractivity contribution >= 4 is 11.6 Å². The number of methoxy groups -OCH3 is 1. The minimum Gasteiger partial charge on any atom is -0.493 e. The summed E-state index contributed by atoms with van der Waals surface area (Å²) >= 11 is 0. The molecule has 1 saturated heterocycles. The second-order valence-electron chi connectivity index (χ2n) is 7.45. The van der Waals surface area contributed by atoms with Gasteiger partial charge in [-0.25, -0.2) is 0 Å². The first-order valence-corrected chi connectivity index (χ1v) is 10.6. The van der Waals surface area contributed by atoms with Crippen molar-refractivity contribution in [3.05, 3.63) is 63.2 Å². The number of hydrogen-bond donors (Lipinski definition) is 1. The highest BCUT2D eigenvalue weighted by molar-refractivity contribution is 5.98. The van der Waals surface area contributed by atoms with Crippen molar-refractivity contribution in [2.45, 2.75) is 19.9 Å². The molecule has 0 aromatic heterocycles. The molecule has 32 heavy (non-hydrogen) atoms. The quantitative estimate of drug-likeness (QED) is 0.469. The Bertz CT molecular complexity index is 959. The molecular weight excluding hydrogens is 414 g/mol. The van der Waals surface area contributed by atoms with Gasteiger partial charge >= 0.3 is 0 Å². The Morgan fingerprint density at radius 1 is 1.25 bits per heavy atom. The predicted octanol–water partition coefficient (Wildman–Crippen LogP) is 3.11. The third kappa shape index (κ3) is 5.35. The van der Waals surface area contributed by atoms with Crippen molar-refractivity contribution in [2.75, 3.05) is 46.6 Å². The summed E-state index contributed by atoms with van der Waals surface area (Å²) in [5, 5.41) is 14.4. The van der Waals surface area contributed by atoms with Crippen molar-refractivity contribution in [1.29, 1.82) is 0 Å². The second kappa shape index (κ2) is 10.9. The number of carbonyl (C=O) groups excluding carboxylic acids is 1. The minimum atomic E-state index is -0.513. The van der Waals surface area contributed by atoms with Crippen LogP contribution in [0.5, 0.6) is 11.5 Å². The molecule has 0 bridgehead atoms. The van der Waals surface area contributed by atoms with Crippen molar-refractivity contribution in [2.24, 2.45) is 0 Å². The van der Waals surface area contributed by atoms with E-state index in [0.29, 0.717) is 50.0 Å². The Kier molecular flexibility index (Phi) is 8.02. The summed E-state index contributed by atoms with van der Waals surface area (Å²) in [6.45, 7) is 6.95. The third-order valence-corrected chi connectivity index (χ3v) is 5.48. The highest BCUT2D eigenvalue weighted by Crippen LogP contribution is 2.32. The van der Waals surface area contributed by atoms with Gasteiger partial charge in [0.25, 0.3) is 11.6 Å². The summed E-state index contributed by atoms with van der Waals surface area (Å²) in [6, 6.07) is 10.3. The van der Waals surface area contributed by atoms with E-state index in [2.05, 4.69) is 10.2 Å². The van der Waals surface area contributed by atoms with E-state index in [0.717, 1.165) is 5.56 Å². The van der Waals surface area contributed by atoms with Crippen LogP contribution in [0.1, 0.15) is 34.5 Å². The zero-order valence-corrected chi connectivity index (χ0v) is 18.6. The molecule has 1 aliphatic rings. The monoisotopic (exact) mass is 443 g/mol. The van der Waals surface area contributed by atoms with Crippen LogP contribution in [0.25, 0.3) is 0 Å². The smallest absolute Gasteiger partial charge is 0.285 e. The van der Waals surface area contributed by atoms with Crippen LogP contribution in [0.15, 0.2) is 36.4 Å². The summed E-state index contributed by atoms with van der Waals surface area (Å²) < 4.78 is 16.6. The fourth-order valence-corrected chi connectivity index (χ4v) is 3.88.